The summed E-state index contributed by atoms with van der Waals surface area (Å²) in [5.74, 6) is 0.979. The molecule has 0 bridgehead atoms. The monoisotopic (exact) mass is 306 g/mol. The lowest BCUT2D eigenvalue weighted by molar-refractivity contribution is 0.660. The molecule has 0 fully saturated rings. The van der Waals surface area contributed by atoms with Crippen molar-refractivity contribution in [1.82, 2.24) is 9.78 Å². The molecule has 0 aliphatic heterocycles. The minimum absolute atomic E-state index is 0.409. The third kappa shape index (κ3) is 3.32. The maximum absolute atomic E-state index is 5.89. The summed E-state index contributed by atoms with van der Waals surface area (Å²) in [5.41, 5.74) is 8.65. The van der Waals surface area contributed by atoms with E-state index < -0.39 is 0 Å². The molecule has 0 atom stereocenters. The Hall–Kier alpha value is -1.53. The van der Waals surface area contributed by atoms with Gasteiger partial charge in [0, 0.05) is 28.9 Å². The van der Waals surface area contributed by atoms with E-state index in [-0.39, 0.29) is 0 Å². The van der Waals surface area contributed by atoms with E-state index in [0.717, 1.165) is 34.1 Å². The first-order valence-electron chi connectivity index (χ1n) is 6.50. The molecule has 0 aliphatic rings. The van der Waals surface area contributed by atoms with E-state index in [4.69, 9.17) is 18.0 Å². The predicted molar refractivity (Wildman–Crippen MR) is 89.9 cm³/mol. The molecule has 0 unspecified atom stereocenters. The zero-order chi connectivity index (χ0) is 14.5. The lowest BCUT2D eigenvalue weighted by Crippen LogP contribution is -2.13. The molecule has 0 saturated heterocycles. The minimum atomic E-state index is 0.409. The molecule has 0 spiro atoms. The molecule has 2 aromatic rings. The van der Waals surface area contributed by atoms with Crippen molar-refractivity contribution >= 4 is 40.3 Å². The summed E-state index contributed by atoms with van der Waals surface area (Å²) in [6, 6.07) is 6.03. The van der Waals surface area contributed by atoms with Crippen LogP contribution in [0.3, 0.4) is 0 Å². The van der Waals surface area contributed by atoms with Crippen LogP contribution in [0, 0.1) is 0 Å². The molecule has 1 heterocycles. The SMILES string of the molecule is CCSc1cccc(Nc2cnn(CC)c2)c1C(N)=S. The summed E-state index contributed by atoms with van der Waals surface area (Å²) in [4.78, 5) is 1.51. The largest absolute Gasteiger partial charge is 0.389 e. The molecular weight excluding hydrogens is 288 g/mol. The fourth-order valence-electron chi connectivity index (χ4n) is 1.92. The van der Waals surface area contributed by atoms with Gasteiger partial charge in [0.05, 0.1) is 11.9 Å². The van der Waals surface area contributed by atoms with E-state index in [1.165, 1.54) is 0 Å². The Labute approximate surface area is 128 Å². The Morgan fingerprint density at radius 2 is 2.25 bits per heavy atom. The number of nitrogens with zero attached hydrogens (tertiary/aromatic N) is 2. The maximum Gasteiger partial charge on any atom is 0.107 e. The molecule has 0 amide bonds. The van der Waals surface area contributed by atoms with E-state index in [2.05, 4.69) is 24.3 Å². The number of nitrogens with one attached hydrogen (secondary N) is 1. The number of nitrogens with two attached hydrogens (primary N) is 1. The van der Waals surface area contributed by atoms with Gasteiger partial charge in [0.15, 0.2) is 0 Å². The Balaban J connectivity index is 2.35. The summed E-state index contributed by atoms with van der Waals surface area (Å²) < 4.78 is 1.87. The van der Waals surface area contributed by atoms with Gasteiger partial charge in [0.25, 0.3) is 0 Å². The first kappa shape index (κ1) is 14.9. The van der Waals surface area contributed by atoms with Gasteiger partial charge in [-0.3, -0.25) is 4.68 Å². The summed E-state index contributed by atoms with van der Waals surface area (Å²) in [6.07, 6.45) is 3.76. The highest BCUT2D eigenvalue weighted by molar-refractivity contribution is 7.99. The van der Waals surface area contributed by atoms with Crippen LogP contribution in [0.25, 0.3) is 0 Å². The number of aromatic nitrogens is 2. The summed E-state index contributed by atoms with van der Waals surface area (Å²) in [7, 11) is 0. The van der Waals surface area contributed by atoms with E-state index in [1.807, 2.05) is 29.1 Å². The number of rotatable bonds is 6. The molecule has 0 saturated carbocycles. The number of thiocarbonyl (C=S) groups is 1. The van der Waals surface area contributed by atoms with Crippen LogP contribution < -0.4 is 11.1 Å². The Bertz CT molecular complexity index is 607. The number of benzene rings is 1. The summed E-state index contributed by atoms with van der Waals surface area (Å²) >= 11 is 6.94. The van der Waals surface area contributed by atoms with Gasteiger partial charge in [-0.1, -0.05) is 25.2 Å². The third-order valence-electron chi connectivity index (χ3n) is 2.81. The van der Waals surface area contributed by atoms with Crippen LogP contribution in [0.15, 0.2) is 35.5 Å². The van der Waals surface area contributed by atoms with Gasteiger partial charge in [0.2, 0.25) is 0 Å². The molecule has 0 radical (unpaired) electrons. The van der Waals surface area contributed by atoms with E-state index in [1.54, 1.807) is 18.0 Å². The number of anilines is 2. The molecular formula is C14H18N4S2. The topological polar surface area (TPSA) is 55.9 Å². The molecule has 3 N–H and O–H groups in total. The van der Waals surface area contributed by atoms with Crippen molar-refractivity contribution in [1.29, 1.82) is 0 Å². The standard InChI is InChI=1S/C14H18N4S2/c1-3-18-9-10(8-16-18)17-11-6-5-7-12(20-4-2)13(11)14(15)19/h5-9,17H,3-4H2,1-2H3,(H2,15,19). The number of thioether (sulfide) groups is 1. The Kier molecular flexibility index (Phi) is 5.03. The average Bonchev–Trinajstić information content (AvgIpc) is 2.86. The second-order valence-electron chi connectivity index (χ2n) is 4.19. The fraction of sp³-hybridized carbons (Fsp3) is 0.286. The van der Waals surface area contributed by atoms with Gasteiger partial charge < -0.3 is 11.1 Å². The second kappa shape index (κ2) is 6.76. The van der Waals surface area contributed by atoms with Crippen LogP contribution in [-0.2, 0) is 6.54 Å². The minimum Gasteiger partial charge on any atom is -0.389 e. The highest BCUT2D eigenvalue weighted by Gasteiger charge is 2.12. The summed E-state index contributed by atoms with van der Waals surface area (Å²) in [6.45, 7) is 5.00. The van der Waals surface area contributed by atoms with Crippen molar-refractivity contribution in [3.63, 3.8) is 0 Å². The van der Waals surface area contributed by atoms with Crippen molar-refractivity contribution in [3.05, 3.63) is 36.2 Å². The Morgan fingerprint density at radius 1 is 1.45 bits per heavy atom. The Morgan fingerprint density at radius 3 is 2.85 bits per heavy atom. The van der Waals surface area contributed by atoms with Gasteiger partial charge in [-0.25, -0.2) is 0 Å². The number of hydrogen-bond acceptors (Lipinski definition) is 4. The van der Waals surface area contributed by atoms with Gasteiger partial charge in [-0.15, -0.1) is 11.8 Å². The van der Waals surface area contributed by atoms with E-state index in [9.17, 15) is 0 Å². The highest BCUT2D eigenvalue weighted by Crippen LogP contribution is 2.30. The first-order valence-corrected chi connectivity index (χ1v) is 7.90. The molecule has 4 nitrogen and oxygen atoms in total. The van der Waals surface area contributed by atoms with Crippen LogP contribution in [0.2, 0.25) is 0 Å². The van der Waals surface area contributed by atoms with Crippen LogP contribution in [0.5, 0.6) is 0 Å². The van der Waals surface area contributed by atoms with Crippen LogP contribution in [0.1, 0.15) is 19.4 Å². The lowest BCUT2D eigenvalue weighted by atomic mass is 10.1. The fourth-order valence-corrected chi connectivity index (χ4v) is 3.06. The molecule has 20 heavy (non-hydrogen) atoms. The van der Waals surface area contributed by atoms with Gasteiger partial charge in [0.1, 0.15) is 4.99 Å². The van der Waals surface area contributed by atoms with Crippen molar-refractivity contribution in [2.45, 2.75) is 25.3 Å². The lowest BCUT2D eigenvalue weighted by Gasteiger charge is -2.13. The third-order valence-corrected chi connectivity index (χ3v) is 3.95. The van der Waals surface area contributed by atoms with Crippen molar-refractivity contribution in [2.75, 3.05) is 11.1 Å². The normalized spacial score (nSPS) is 10.5. The zero-order valence-electron chi connectivity index (χ0n) is 11.6. The predicted octanol–water partition coefficient (Wildman–Crippen LogP) is 3.39. The van der Waals surface area contributed by atoms with Gasteiger partial charge in [-0.05, 0) is 24.8 Å². The van der Waals surface area contributed by atoms with Crippen LogP contribution >= 0.6 is 24.0 Å². The zero-order valence-corrected chi connectivity index (χ0v) is 13.2. The van der Waals surface area contributed by atoms with E-state index in [0.29, 0.717) is 4.99 Å². The van der Waals surface area contributed by atoms with Crippen molar-refractivity contribution < 1.29 is 0 Å². The molecule has 2 rings (SSSR count). The van der Waals surface area contributed by atoms with Crippen LogP contribution in [0.4, 0.5) is 11.4 Å². The van der Waals surface area contributed by atoms with Crippen molar-refractivity contribution in [3.8, 4) is 0 Å². The number of hydrogen-bond donors (Lipinski definition) is 2. The molecule has 1 aromatic heterocycles. The molecule has 1 aromatic carbocycles. The molecule has 106 valence electrons. The smallest absolute Gasteiger partial charge is 0.107 e. The maximum atomic E-state index is 5.89. The molecule has 0 aliphatic carbocycles. The van der Waals surface area contributed by atoms with Gasteiger partial charge in [-0.2, -0.15) is 5.10 Å². The van der Waals surface area contributed by atoms with E-state index >= 15 is 0 Å². The van der Waals surface area contributed by atoms with Crippen molar-refractivity contribution in [2.24, 2.45) is 5.73 Å². The molecule has 6 heteroatoms. The van der Waals surface area contributed by atoms with Gasteiger partial charge >= 0.3 is 0 Å². The first-order chi connectivity index (χ1) is 9.65. The van der Waals surface area contributed by atoms with Crippen LogP contribution in [-0.4, -0.2) is 20.5 Å². The number of aryl methyl sites for hydroxylation is 1. The summed E-state index contributed by atoms with van der Waals surface area (Å²) in [5, 5.41) is 7.59. The quantitative estimate of drug-likeness (QED) is 0.633. The highest BCUT2D eigenvalue weighted by atomic mass is 32.2. The average molecular weight is 306 g/mol. The second-order valence-corrected chi connectivity index (χ2v) is 5.93.